The molecule has 0 aliphatic carbocycles. The van der Waals surface area contributed by atoms with Gasteiger partial charge in [0.2, 0.25) is 0 Å². The van der Waals surface area contributed by atoms with Crippen molar-refractivity contribution in [3.8, 4) is 0 Å². The summed E-state index contributed by atoms with van der Waals surface area (Å²) in [6.07, 6.45) is 0. The highest BCUT2D eigenvalue weighted by molar-refractivity contribution is 6.55. The van der Waals surface area contributed by atoms with E-state index in [1.54, 1.807) is 6.55 Å². The van der Waals surface area contributed by atoms with Crippen LogP contribution in [0.2, 0.25) is 6.55 Å². The maximum Gasteiger partial charge on any atom is 0.262 e. The molecule has 0 unspecified atom stereocenters. The Kier molecular flexibility index (Phi) is 1.84. The Morgan fingerprint density at radius 2 is 2.00 bits per heavy atom. The van der Waals surface area contributed by atoms with Crippen molar-refractivity contribution in [2.24, 2.45) is 0 Å². The van der Waals surface area contributed by atoms with Crippen LogP contribution in [-0.2, 0) is 0 Å². The summed E-state index contributed by atoms with van der Waals surface area (Å²) in [6, 6.07) is 0. The lowest BCUT2D eigenvalue weighted by atomic mass is 11.7. The quantitative estimate of drug-likeness (QED) is 0.387. The standard InChI is InChI=1S/C2H6O2Si/c1-5(4)2-3/h2-4H,1H3/b5-2-. The first-order chi connectivity index (χ1) is 2.27. The van der Waals surface area contributed by atoms with Crippen LogP contribution in [0.15, 0.2) is 0 Å². The van der Waals surface area contributed by atoms with Gasteiger partial charge in [0.15, 0.2) is 0 Å². The zero-order chi connectivity index (χ0) is 4.28. The van der Waals surface area contributed by atoms with Crippen LogP contribution in [0.4, 0.5) is 0 Å². The molecule has 2 N–H and O–H groups in total. The third-order valence-electron chi connectivity index (χ3n) is 0.187. The van der Waals surface area contributed by atoms with Gasteiger partial charge in [0.1, 0.15) is 0 Å². The van der Waals surface area contributed by atoms with Gasteiger partial charge in [-0.2, -0.15) is 0 Å². The van der Waals surface area contributed by atoms with Crippen LogP contribution in [0.1, 0.15) is 0 Å². The predicted molar refractivity (Wildman–Crippen MR) is 21.8 cm³/mol. The van der Waals surface area contributed by atoms with Gasteiger partial charge >= 0.3 is 0 Å². The number of aliphatic hydroxyl groups excluding tert-OH is 1. The minimum Gasteiger partial charge on any atom is -0.564 e. The fourth-order valence-electron chi connectivity index (χ4n) is 0. The van der Waals surface area contributed by atoms with Crippen molar-refractivity contribution in [3.05, 3.63) is 0 Å². The summed E-state index contributed by atoms with van der Waals surface area (Å²) in [5, 5.41) is 7.81. The number of aliphatic hydroxyl groups is 1. The summed E-state index contributed by atoms with van der Waals surface area (Å²) in [4.78, 5) is 8.16. The highest BCUT2D eigenvalue weighted by atomic mass is 28.3. The molecule has 0 saturated carbocycles. The van der Waals surface area contributed by atoms with Crippen molar-refractivity contribution in [3.63, 3.8) is 0 Å². The zero-order valence-corrected chi connectivity index (χ0v) is 3.97. The molecule has 0 aliphatic heterocycles. The normalized spacial score (nSPS) is 11.8. The van der Waals surface area contributed by atoms with Gasteiger partial charge in [-0.15, -0.1) is 0 Å². The molecular formula is C2H6O2Si. The fraction of sp³-hybridized carbons (Fsp3) is 0.500. The Labute approximate surface area is 32.0 Å². The van der Waals surface area contributed by atoms with E-state index < -0.39 is 8.65 Å². The Balaban J connectivity index is 3.14. The van der Waals surface area contributed by atoms with E-state index >= 15 is 0 Å². The fourth-order valence-corrected chi connectivity index (χ4v) is 0. The summed E-state index contributed by atoms with van der Waals surface area (Å²) >= 11 is 0. The van der Waals surface area contributed by atoms with Gasteiger partial charge in [-0.25, -0.2) is 0 Å². The Morgan fingerprint density at radius 1 is 1.80 bits per heavy atom. The lowest BCUT2D eigenvalue weighted by molar-refractivity contribution is 0.564. The second-order valence-corrected chi connectivity index (χ2v) is 2.31. The minimum absolute atomic E-state index is 0.824. The molecule has 0 amide bonds. The topological polar surface area (TPSA) is 40.5 Å². The molecule has 0 spiro atoms. The molecule has 0 heterocycles. The second kappa shape index (κ2) is 1.96. The molecule has 0 fully saturated rings. The summed E-state index contributed by atoms with van der Waals surface area (Å²) in [6.45, 7) is 1.57. The first kappa shape index (κ1) is 4.69. The molecule has 0 aromatic heterocycles. The van der Waals surface area contributed by atoms with Gasteiger partial charge in [0.25, 0.3) is 8.65 Å². The molecule has 0 aromatic carbocycles. The molecule has 0 rings (SSSR count). The smallest absolute Gasteiger partial charge is 0.262 e. The average molecular weight is 90.2 g/mol. The molecule has 30 valence electrons. The van der Waals surface area contributed by atoms with Crippen molar-refractivity contribution >= 4 is 14.5 Å². The highest BCUT2D eigenvalue weighted by Crippen LogP contribution is 1.45. The molecule has 5 heavy (non-hydrogen) atoms. The van der Waals surface area contributed by atoms with E-state index in [9.17, 15) is 0 Å². The molecule has 0 saturated heterocycles. The Morgan fingerprint density at radius 3 is 2.00 bits per heavy atom. The molecule has 3 heteroatoms. The largest absolute Gasteiger partial charge is 0.564 e. The average Bonchev–Trinajstić information content (AvgIpc) is 1.38. The van der Waals surface area contributed by atoms with E-state index in [4.69, 9.17) is 9.90 Å². The summed E-state index contributed by atoms with van der Waals surface area (Å²) in [7, 11) is -1.44. The number of hydrogen-bond donors (Lipinski definition) is 2. The van der Waals surface area contributed by atoms with Gasteiger partial charge in [0.05, 0.1) is 5.86 Å². The monoisotopic (exact) mass is 90.0 g/mol. The van der Waals surface area contributed by atoms with Crippen LogP contribution in [0, 0.1) is 0 Å². The molecule has 2 nitrogen and oxygen atoms in total. The predicted octanol–water partition coefficient (Wildman–Crippen LogP) is -0.686. The molecular weight excluding hydrogens is 84.1 g/mol. The third kappa shape index (κ3) is 3.69. The Hall–Kier alpha value is -0.313. The van der Waals surface area contributed by atoms with Crippen LogP contribution in [0.5, 0.6) is 0 Å². The van der Waals surface area contributed by atoms with Crippen LogP contribution in [0.3, 0.4) is 0 Å². The summed E-state index contributed by atoms with van der Waals surface area (Å²) in [5.74, 6) is 0.824. The highest BCUT2D eigenvalue weighted by Gasteiger charge is 1.71. The van der Waals surface area contributed by atoms with Crippen molar-refractivity contribution < 1.29 is 9.90 Å². The van der Waals surface area contributed by atoms with Crippen LogP contribution < -0.4 is 0 Å². The van der Waals surface area contributed by atoms with Crippen molar-refractivity contribution in [2.45, 2.75) is 6.55 Å². The lowest BCUT2D eigenvalue weighted by Crippen LogP contribution is -1.93. The van der Waals surface area contributed by atoms with Crippen molar-refractivity contribution in [1.29, 1.82) is 0 Å². The van der Waals surface area contributed by atoms with Gasteiger partial charge in [-0.05, 0) is 6.55 Å². The lowest BCUT2D eigenvalue weighted by Gasteiger charge is -1.71. The van der Waals surface area contributed by atoms with E-state index in [1.165, 1.54) is 0 Å². The summed E-state index contributed by atoms with van der Waals surface area (Å²) in [5.41, 5.74) is 0. The van der Waals surface area contributed by atoms with E-state index in [1.807, 2.05) is 0 Å². The zero-order valence-electron chi connectivity index (χ0n) is 2.97. The molecule has 0 bridgehead atoms. The van der Waals surface area contributed by atoms with Gasteiger partial charge in [-0.3, -0.25) is 0 Å². The van der Waals surface area contributed by atoms with E-state index in [-0.39, 0.29) is 0 Å². The molecule has 0 aromatic rings. The maximum absolute atomic E-state index is 8.16. The molecule has 0 radical (unpaired) electrons. The molecule has 0 atom stereocenters. The van der Waals surface area contributed by atoms with Gasteiger partial charge in [0, 0.05) is 0 Å². The van der Waals surface area contributed by atoms with Crippen molar-refractivity contribution in [1.82, 2.24) is 0 Å². The van der Waals surface area contributed by atoms with Crippen LogP contribution >= 0.6 is 0 Å². The first-order valence-electron chi connectivity index (χ1n) is 1.27. The second-order valence-electron chi connectivity index (χ2n) is 0.770. The number of rotatable bonds is 0. The van der Waals surface area contributed by atoms with Gasteiger partial charge < -0.3 is 9.90 Å². The first-order valence-corrected chi connectivity index (χ1v) is 3.30. The summed E-state index contributed by atoms with van der Waals surface area (Å²) < 4.78 is 0. The van der Waals surface area contributed by atoms with E-state index in [0.29, 0.717) is 0 Å². The van der Waals surface area contributed by atoms with Crippen molar-refractivity contribution in [2.75, 3.05) is 0 Å². The van der Waals surface area contributed by atoms with Crippen LogP contribution in [-0.4, -0.2) is 24.4 Å². The SMILES string of the molecule is C/[Si](O)=C/O. The third-order valence-corrected chi connectivity index (χ3v) is 0.561. The molecule has 0 aliphatic rings. The van der Waals surface area contributed by atoms with E-state index in [0.717, 1.165) is 5.86 Å². The Bertz CT molecular complexity index is 45.6. The number of hydrogen-bond acceptors (Lipinski definition) is 2. The maximum atomic E-state index is 8.16. The van der Waals surface area contributed by atoms with Gasteiger partial charge in [-0.1, -0.05) is 0 Å². The minimum atomic E-state index is -1.44. The van der Waals surface area contributed by atoms with Crippen LogP contribution in [0.25, 0.3) is 0 Å². The van der Waals surface area contributed by atoms with E-state index in [2.05, 4.69) is 0 Å².